The lowest BCUT2D eigenvalue weighted by molar-refractivity contribution is -0.256. The first-order valence-corrected chi connectivity index (χ1v) is 4.86. The van der Waals surface area contributed by atoms with Gasteiger partial charge in [-0.15, -0.1) is 0 Å². The van der Waals surface area contributed by atoms with E-state index in [1.165, 1.54) is 5.32 Å². The zero-order chi connectivity index (χ0) is 14.1. The number of amides is 1. The van der Waals surface area contributed by atoms with Crippen LogP contribution in [0.1, 0.15) is 0 Å². The molecule has 1 aliphatic rings. The smallest absolute Gasteiger partial charge is 0.394 e. The Labute approximate surface area is 98.8 Å². The van der Waals surface area contributed by atoms with Gasteiger partial charge in [-0.25, -0.2) is 0 Å². The highest BCUT2D eigenvalue weighted by Crippen LogP contribution is 2.21. The van der Waals surface area contributed by atoms with Gasteiger partial charge >= 0.3 is 12.1 Å². The Morgan fingerprint density at radius 2 is 1.78 bits per heavy atom. The lowest BCUT2D eigenvalue weighted by Gasteiger charge is -2.40. The fraction of sp³-hybridized carbons (Fsp3) is 0.875. The number of ether oxygens (including phenoxy) is 1. The van der Waals surface area contributed by atoms with Gasteiger partial charge in [0.2, 0.25) is 0 Å². The van der Waals surface area contributed by atoms with E-state index in [0.717, 1.165) is 0 Å². The molecule has 5 N–H and O–H groups in total. The first kappa shape index (κ1) is 15.1. The second-order valence-electron chi connectivity index (χ2n) is 3.73. The molecule has 7 nitrogen and oxygen atoms in total. The highest BCUT2D eigenvalue weighted by molar-refractivity contribution is 5.82. The maximum absolute atomic E-state index is 12.0. The van der Waals surface area contributed by atoms with Crippen molar-refractivity contribution in [1.29, 1.82) is 0 Å². The molecule has 0 aliphatic carbocycles. The quantitative estimate of drug-likeness (QED) is 0.379. The molecule has 1 saturated heterocycles. The molecule has 1 heterocycles. The van der Waals surface area contributed by atoms with Gasteiger partial charge in [0, 0.05) is 0 Å². The monoisotopic (exact) mass is 275 g/mol. The van der Waals surface area contributed by atoms with Crippen LogP contribution in [0.5, 0.6) is 0 Å². The van der Waals surface area contributed by atoms with Crippen LogP contribution in [-0.2, 0) is 9.53 Å². The molecule has 0 spiro atoms. The molecule has 5 atom stereocenters. The molecule has 0 radical (unpaired) electrons. The van der Waals surface area contributed by atoms with Gasteiger partial charge < -0.3 is 30.5 Å². The van der Waals surface area contributed by atoms with E-state index in [4.69, 9.17) is 5.11 Å². The van der Waals surface area contributed by atoms with Crippen LogP contribution in [0.2, 0.25) is 0 Å². The highest BCUT2D eigenvalue weighted by atomic mass is 19.4. The van der Waals surface area contributed by atoms with Crippen LogP contribution in [0, 0.1) is 0 Å². The maximum atomic E-state index is 12.0. The molecule has 0 bridgehead atoms. The summed E-state index contributed by atoms with van der Waals surface area (Å²) in [5.74, 6) is -2.39. The second-order valence-corrected chi connectivity index (χ2v) is 3.73. The molecule has 0 aromatic heterocycles. The van der Waals surface area contributed by atoms with E-state index in [1.807, 2.05) is 0 Å². The van der Waals surface area contributed by atoms with Crippen LogP contribution >= 0.6 is 0 Å². The van der Waals surface area contributed by atoms with Crippen LogP contribution in [-0.4, -0.2) is 69.8 Å². The number of hydrogen-bond acceptors (Lipinski definition) is 6. The topological polar surface area (TPSA) is 119 Å². The summed E-state index contributed by atoms with van der Waals surface area (Å²) < 4.78 is 40.5. The largest absolute Gasteiger partial charge is 0.471 e. The Balaban J connectivity index is 2.74. The molecule has 5 unspecified atom stereocenters. The molecule has 1 rings (SSSR count). The second kappa shape index (κ2) is 5.36. The number of halogens is 3. The Hall–Kier alpha value is -0.940. The van der Waals surface area contributed by atoms with Crippen molar-refractivity contribution in [3.8, 4) is 0 Å². The van der Waals surface area contributed by atoms with Gasteiger partial charge in [0.05, 0.1) is 6.61 Å². The summed E-state index contributed by atoms with van der Waals surface area (Å²) in [6, 6.07) is -1.85. The van der Waals surface area contributed by atoms with Gasteiger partial charge in [-0.1, -0.05) is 0 Å². The van der Waals surface area contributed by atoms with E-state index in [0.29, 0.717) is 0 Å². The predicted octanol–water partition coefficient (Wildman–Crippen LogP) is -2.54. The van der Waals surface area contributed by atoms with Crippen molar-refractivity contribution in [3.63, 3.8) is 0 Å². The van der Waals surface area contributed by atoms with Gasteiger partial charge in [0.25, 0.3) is 0 Å². The minimum Gasteiger partial charge on any atom is -0.394 e. The number of carbonyl (C=O) groups excluding carboxylic acids is 1. The summed E-state index contributed by atoms with van der Waals surface area (Å²) >= 11 is 0. The van der Waals surface area contributed by atoms with Crippen molar-refractivity contribution < 1.29 is 43.1 Å². The highest BCUT2D eigenvalue weighted by Gasteiger charge is 2.48. The van der Waals surface area contributed by atoms with E-state index >= 15 is 0 Å². The SMILES string of the molecule is O=C(NC1C(O)OC(CO)C(O)C1O)C(F)(F)F. The number of hydrogen-bond donors (Lipinski definition) is 5. The van der Waals surface area contributed by atoms with Gasteiger partial charge in [-0.3, -0.25) is 4.79 Å². The van der Waals surface area contributed by atoms with Gasteiger partial charge in [-0.05, 0) is 0 Å². The van der Waals surface area contributed by atoms with Crippen molar-refractivity contribution >= 4 is 5.91 Å². The van der Waals surface area contributed by atoms with Crippen LogP contribution in [0.25, 0.3) is 0 Å². The van der Waals surface area contributed by atoms with E-state index in [1.54, 1.807) is 0 Å². The fourth-order valence-electron chi connectivity index (χ4n) is 1.49. The number of nitrogens with one attached hydrogen (secondary N) is 1. The molecular weight excluding hydrogens is 263 g/mol. The summed E-state index contributed by atoms with van der Waals surface area (Å²) in [5.41, 5.74) is 0. The van der Waals surface area contributed by atoms with Gasteiger partial charge in [0.1, 0.15) is 24.4 Å². The van der Waals surface area contributed by atoms with Crippen LogP contribution in [0.15, 0.2) is 0 Å². The van der Waals surface area contributed by atoms with E-state index in [9.17, 15) is 33.3 Å². The standard InChI is InChI=1S/C8H12F3NO6/c9-8(10,11)7(17)12-3-5(15)4(14)2(1-13)18-6(3)16/h2-6,13-16H,1H2,(H,12,17). The first-order chi connectivity index (χ1) is 8.18. The zero-order valence-electron chi connectivity index (χ0n) is 8.83. The third-order valence-corrected chi connectivity index (χ3v) is 2.46. The minimum atomic E-state index is -5.20. The molecule has 18 heavy (non-hydrogen) atoms. The third kappa shape index (κ3) is 3.09. The van der Waals surface area contributed by atoms with E-state index < -0.39 is 49.3 Å². The molecule has 0 aromatic rings. The molecular formula is C8H12F3NO6. The van der Waals surface area contributed by atoms with Crippen molar-refractivity contribution in [2.24, 2.45) is 0 Å². The molecule has 1 amide bonds. The maximum Gasteiger partial charge on any atom is 0.471 e. The molecule has 106 valence electrons. The van der Waals surface area contributed by atoms with Crippen molar-refractivity contribution in [1.82, 2.24) is 5.32 Å². The van der Waals surface area contributed by atoms with Crippen LogP contribution in [0.4, 0.5) is 13.2 Å². The third-order valence-electron chi connectivity index (χ3n) is 2.46. The summed E-state index contributed by atoms with van der Waals surface area (Å²) in [6.45, 7) is -0.755. The Bertz CT molecular complexity index is 312. The Morgan fingerprint density at radius 3 is 2.22 bits per heavy atom. The lowest BCUT2D eigenvalue weighted by atomic mass is 9.97. The molecule has 0 aromatic carbocycles. The normalized spacial score (nSPS) is 37.4. The predicted molar refractivity (Wildman–Crippen MR) is 48.0 cm³/mol. The van der Waals surface area contributed by atoms with E-state index in [2.05, 4.69) is 4.74 Å². The minimum absolute atomic E-state index is 0.755. The summed E-state index contributed by atoms with van der Waals surface area (Å²) in [7, 11) is 0. The number of rotatable bonds is 2. The molecule has 1 fully saturated rings. The molecule has 10 heteroatoms. The number of aliphatic hydroxyl groups is 4. The number of aliphatic hydroxyl groups excluding tert-OH is 4. The average Bonchev–Trinajstić information content (AvgIpc) is 2.27. The van der Waals surface area contributed by atoms with Gasteiger partial charge in [0.15, 0.2) is 6.29 Å². The number of alkyl halides is 3. The Kier molecular flexibility index (Phi) is 4.50. The summed E-state index contributed by atoms with van der Waals surface area (Å²) in [4.78, 5) is 10.6. The number of carbonyl (C=O) groups is 1. The zero-order valence-corrected chi connectivity index (χ0v) is 8.83. The lowest BCUT2D eigenvalue weighted by Crippen LogP contribution is -2.65. The van der Waals surface area contributed by atoms with Crippen LogP contribution < -0.4 is 5.32 Å². The molecule has 0 saturated carbocycles. The van der Waals surface area contributed by atoms with Crippen molar-refractivity contribution in [2.45, 2.75) is 36.8 Å². The van der Waals surface area contributed by atoms with Crippen molar-refractivity contribution in [3.05, 3.63) is 0 Å². The molecule has 1 aliphatic heterocycles. The van der Waals surface area contributed by atoms with Crippen LogP contribution in [0.3, 0.4) is 0 Å². The van der Waals surface area contributed by atoms with E-state index in [-0.39, 0.29) is 0 Å². The van der Waals surface area contributed by atoms with Crippen molar-refractivity contribution in [2.75, 3.05) is 6.61 Å². The summed E-state index contributed by atoms with van der Waals surface area (Å²) in [5, 5.41) is 38.1. The van der Waals surface area contributed by atoms with Gasteiger partial charge in [-0.2, -0.15) is 13.2 Å². The summed E-state index contributed by atoms with van der Waals surface area (Å²) in [6.07, 6.45) is -12.2. The first-order valence-electron chi connectivity index (χ1n) is 4.86. The Morgan fingerprint density at radius 1 is 1.22 bits per heavy atom. The average molecular weight is 275 g/mol. The fourth-order valence-corrected chi connectivity index (χ4v) is 1.49.